The Bertz CT molecular complexity index is 1000. The molecule has 0 amide bonds. The molecule has 0 atom stereocenters. The summed E-state index contributed by atoms with van der Waals surface area (Å²) in [6, 6.07) is 15.2. The third-order valence-corrected chi connectivity index (χ3v) is 5.16. The van der Waals surface area contributed by atoms with Crippen LogP contribution in [-0.4, -0.2) is 29.0 Å². The Morgan fingerprint density at radius 2 is 1.71 bits per heavy atom. The molecule has 0 spiro atoms. The van der Waals surface area contributed by atoms with Gasteiger partial charge in [0.05, 0.1) is 17.6 Å². The Hall–Kier alpha value is -2.86. The zero-order chi connectivity index (χ0) is 19.5. The fourth-order valence-corrected chi connectivity index (χ4v) is 3.57. The number of nitrogens with zero attached hydrogens (tertiary/aromatic N) is 3. The van der Waals surface area contributed by atoms with E-state index in [0.29, 0.717) is 30.2 Å². The van der Waals surface area contributed by atoms with Gasteiger partial charge in [-0.05, 0) is 36.4 Å². The van der Waals surface area contributed by atoms with Crippen molar-refractivity contribution in [1.82, 2.24) is 9.78 Å². The van der Waals surface area contributed by atoms with E-state index in [2.05, 4.69) is 10.00 Å². The van der Waals surface area contributed by atoms with Crippen molar-refractivity contribution in [3.8, 4) is 11.4 Å². The van der Waals surface area contributed by atoms with Crippen LogP contribution >= 0.6 is 11.6 Å². The zero-order valence-electron chi connectivity index (χ0n) is 15.1. The van der Waals surface area contributed by atoms with Crippen molar-refractivity contribution in [3.05, 3.63) is 82.0 Å². The van der Waals surface area contributed by atoms with Gasteiger partial charge >= 0.3 is 0 Å². The van der Waals surface area contributed by atoms with Gasteiger partial charge in [0, 0.05) is 25.9 Å². The molecule has 28 heavy (non-hydrogen) atoms. The number of piperidine rings is 1. The Morgan fingerprint density at radius 1 is 1.04 bits per heavy atom. The first-order valence-electron chi connectivity index (χ1n) is 9.12. The first-order chi connectivity index (χ1) is 13.6. The molecule has 0 unspecified atom stereocenters. The predicted molar refractivity (Wildman–Crippen MR) is 107 cm³/mol. The van der Waals surface area contributed by atoms with Gasteiger partial charge < -0.3 is 9.64 Å². The Labute approximate surface area is 166 Å². The van der Waals surface area contributed by atoms with Crippen LogP contribution in [-0.2, 0) is 0 Å². The van der Waals surface area contributed by atoms with Crippen molar-refractivity contribution in [3.63, 3.8) is 0 Å². The fourth-order valence-electron chi connectivity index (χ4n) is 3.32. The maximum atomic E-state index is 13.0. The molecule has 1 saturated heterocycles. The van der Waals surface area contributed by atoms with Crippen LogP contribution < -0.4 is 15.2 Å². The number of anilines is 1. The van der Waals surface area contributed by atoms with Gasteiger partial charge in [-0.2, -0.15) is 9.78 Å². The van der Waals surface area contributed by atoms with E-state index in [0.717, 1.165) is 12.8 Å². The zero-order valence-corrected chi connectivity index (χ0v) is 15.8. The molecule has 0 bridgehead atoms. The van der Waals surface area contributed by atoms with Crippen LogP contribution in [0.2, 0.25) is 5.02 Å². The minimum atomic E-state index is -0.338. The van der Waals surface area contributed by atoms with Crippen molar-refractivity contribution >= 4 is 17.3 Å². The van der Waals surface area contributed by atoms with E-state index in [1.165, 1.54) is 16.8 Å². The highest BCUT2D eigenvalue weighted by Crippen LogP contribution is 2.27. The van der Waals surface area contributed by atoms with Crippen molar-refractivity contribution in [2.75, 3.05) is 18.0 Å². The summed E-state index contributed by atoms with van der Waals surface area (Å²) in [5.74, 6) is 0.375. The van der Waals surface area contributed by atoms with E-state index in [4.69, 9.17) is 16.3 Å². The molecule has 3 aromatic rings. The molecule has 1 fully saturated rings. The summed E-state index contributed by atoms with van der Waals surface area (Å²) < 4.78 is 20.2. The lowest BCUT2D eigenvalue weighted by Gasteiger charge is -2.33. The summed E-state index contributed by atoms with van der Waals surface area (Å²) in [7, 11) is 0. The van der Waals surface area contributed by atoms with Gasteiger partial charge in [-0.1, -0.05) is 29.8 Å². The highest BCUT2D eigenvalue weighted by molar-refractivity contribution is 6.33. The fraction of sp³-hybridized carbons (Fsp3) is 0.238. The monoisotopic (exact) mass is 399 g/mol. The second-order valence-corrected chi connectivity index (χ2v) is 7.03. The molecule has 144 valence electrons. The van der Waals surface area contributed by atoms with Gasteiger partial charge in [-0.3, -0.25) is 4.79 Å². The van der Waals surface area contributed by atoms with E-state index >= 15 is 0 Å². The summed E-state index contributed by atoms with van der Waals surface area (Å²) in [6.45, 7) is 1.39. The Balaban J connectivity index is 1.45. The molecule has 0 N–H and O–H groups in total. The van der Waals surface area contributed by atoms with Gasteiger partial charge in [-0.25, -0.2) is 4.39 Å². The largest absolute Gasteiger partial charge is 0.490 e. The van der Waals surface area contributed by atoms with Gasteiger partial charge in [0.1, 0.15) is 22.7 Å². The highest BCUT2D eigenvalue weighted by Gasteiger charge is 2.24. The lowest BCUT2D eigenvalue weighted by atomic mass is 10.1. The van der Waals surface area contributed by atoms with E-state index < -0.39 is 0 Å². The SMILES string of the molecule is O=c1c(Cl)c(N2CCC(Oc3ccc(F)cc3)CC2)cnn1-c1ccccc1. The lowest BCUT2D eigenvalue weighted by molar-refractivity contribution is 0.170. The molecule has 2 aromatic carbocycles. The summed E-state index contributed by atoms with van der Waals surface area (Å²) >= 11 is 6.38. The Morgan fingerprint density at radius 3 is 2.39 bits per heavy atom. The van der Waals surface area contributed by atoms with Crippen LogP contribution in [0.3, 0.4) is 0 Å². The van der Waals surface area contributed by atoms with Crippen molar-refractivity contribution in [2.24, 2.45) is 0 Å². The number of rotatable bonds is 4. The molecular formula is C21H19ClFN3O2. The van der Waals surface area contributed by atoms with E-state index in [1.807, 2.05) is 30.3 Å². The van der Waals surface area contributed by atoms with Crippen molar-refractivity contribution in [2.45, 2.75) is 18.9 Å². The molecular weight excluding hydrogens is 381 g/mol. The highest BCUT2D eigenvalue weighted by atomic mass is 35.5. The molecule has 0 saturated carbocycles. The molecule has 7 heteroatoms. The second-order valence-electron chi connectivity index (χ2n) is 6.65. The maximum absolute atomic E-state index is 13.0. The van der Waals surface area contributed by atoms with Gasteiger partial charge in [0.25, 0.3) is 5.56 Å². The van der Waals surface area contributed by atoms with Gasteiger partial charge in [0.2, 0.25) is 0 Å². The number of hydrogen-bond donors (Lipinski definition) is 0. The average molecular weight is 400 g/mol. The predicted octanol–water partition coefficient (Wildman–Crippen LogP) is 4.07. The number of hydrogen-bond acceptors (Lipinski definition) is 4. The smallest absolute Gasteiger partial charge is 0.292 e. The maximum Gasteiger partial charge on any atom is 0.292 e. The molecule has 1 aliphatic heterocycles. The topological polar surface area (TPSA) is 47.4 Å². The molecule has 0 aliphatic carbocycles. The van der Waals surface area contributed by atoms with Gasteiger partial charge in [-0.15, -0.1) is 0 Å². The number of aromatic nitrogens is 2. The molecule has 4 rings (SSSR count). The van der Waals surface area contributed by atoms with Crippen molar-refractivity contribution < 1.29 is 9.13 Å². The van der Waals surface area contributed by atoms with Crippen LogP contribution in [0.4, 0.5) is 10.1 Å². The molecule has 1 aliphatic rings. The molecule has 2 heterocycles. The third-order valence-electron chi connectivity index (χ3n) is 4.80. The first kappa shape index (κ1) is 18.5. The molecule has 5 nitrogen and oxygen atoms in total. The summed E-state index contributed by atoms with van der Waals surface area (Å²) in [4.78, 5) is 14.7. The van der Waals surface area contributed by atoms with Gasteiger partial charge in [0.15, 0.2) is 0 Å². The van der Waals surface area contributed by atoms with E-state index in [1.54, 1.807) is 18.3 Å². The Kier molecular flexibility index (Phi) is 5.30. The standard InChI is InChI=1S/C21H19ClFN3O2/c22-20-19(14-24-26(21(20)27)16-4-2-1-3-5-16)25-12-10-18(11-13-25)28-17-8-6-15(23)7-9-17/h1-9,14,18H,10-13H2. The van der Waals surface area contributed by atoms with Crippen LogP contribution in [0, 0.1) is 5.82 Å². The van der Waals surface area contributed by atoms with E-state index in [9.17, 15) is 9.18 Å². The minimum Gasteiger partial charge on any atom is -0.490 e. The number of halogens is 2. The third kappa shape index (κ3) is 3.87. The summed E-state index contributed by atoms with van der Waals surface area (Å²) in [5.41, 5.74) is 0.974. The first-order valence-corrected chi connectivity index (χ1v) is 9.50. The second kappa shape index (κ2) is 8.02. The number of para-hydroxylation sites is 1. The molecule has 1 aromatic heterocycles. The number of benzene rings is 2. The summed E-state index contributed by atoms with van der Waals surface area (Å²) in [5, 5.41) is 4.45. The summed E-state index contributed by atoms with van der Waals surface area (Å²) in [6.07, 6.45) is 3.22. The number of ether oxygens (including phenoxy) is 1. The minimum absolute atomic E-state index is 0.0399. The lowest BCUT2D eigenvalue weighted by Crippen LogP contribution is -2.39. The normalized spacial score (nSPS) is 14.9. The van der Waals surface area contributed by atoms with Crippen LogP contribution in [0.15, 0.2) is 65.6 Å². The van der Waals surface area contributed by atoms with Crippen LogP contribution in [0.1, 0.15) is 12.8 Å². The van der Waals surface area contributed by atoms with Crippen molar-refractivity contribution in [1.29, 1.82) is 0 Å². The molecule has 0 radical (unpaired) electrons. The van der Waals surface area contributed by atoms with E-state index in [-0.39, 0.29) is 22.5 Å². The quantitative estimate of drug-likeness (QED) is 0.663. The average Bonchev–Trinajstić information content (AvgIpc) is 2.73. The van der Waals surface area contributed by atoms with Crippen LogP contribution in [0.5, 0.6) is 5.75 Å². The van der Waals surface area contributed by atoms with Crippen LogP contribution in [0.25, 0.3) is 5.69 Å².